The van der Waals surface area contributed by atoms with Crippen molar-refractivity contribution in [1.82, 2.24) is 16.0 Å². The molecule has 4 atom stereocenters. The van der Waals surface area contributed by atoms with Crippen molar-refractivity contribution in [2.75, 3.05) is 19.8 Å². The number of aliphatic hydroxyl groups excluding tert-OH is 2. The Morgan fingerprint density at radius 3 is 1.81 bits per heavy atom. The highest BCUT2D eigenvalue weighted by Crippen LogP contribution is 2.03. The highest BCUT2D eigenvalue weighted by Gasteiger charge is 2.29. The Kier molecular flexibility index (Phi) is 13.7. The van der Waals surface area contributed by atoms with Gasteiger partial charge in [0.15, 0.2) is 0 Å². The number of carbonyl (C=O) groups is 5. The Hall–Kier alpha value is -2.81. The first kappa shape index (κ1) is 28.2. The Labute approximate surface area is 178 Å². The number of nitrogens with one attached hydrogen (secondary N) is 3. The van der Waals surface area contributed by atoms with Gasteiger partial charge in [0.2, 0.25) is 23.6 Å². The van der Waals surface area contributed by atoms with Crippen LogP contribution in [0, 0.1) is 0 Å². The lowest BCUT2D eigenvalue weighted by Crippen LogP contribution is -2.58. The molecule has 0 saturated carbocycles. The number of carboxylic acids is 1. The molecule has 12 N–H and O–H groups in total. The van der Waals surface area contributed by atoms with Gasteiger partial charge in [-0.1, -0.05) is 0 Å². The quantitative estimate of drug-likeness (QED) is 0.102. The van der Waals surface area contributed by atoms with Gasteiger partial charge >= 0.3 is 5.97 Å². The first-order chi connectivity index (χ1) is 14.6. The number of carboxylic acid groups (broad SMARTS) is 1. The van der Waals surface area contributed by atoms with Crippen LogP contribution in [0.3, 0.4) is 0 Å². The normalized spacial score (nSPS) is 14.6. The van der Waals surface area contributed by atoms with E-state index in [0.29, 0.717) is 19.4 Å². The number of primary amides is 1. The molecule has 178 valence electrons. The molecule has 0 aliphatic rings. The molecule has 0 aromatic rings. The van der Waals surface area contributed by atoms with Crippen molar-refractivity contribution in [1.29, 1.82) is 0 Å². The van der Waals surface area contributed by atoms with Gasteiger partial charge in [-0.25, -0.2) is 4.79 Å². The molecule has 0 bridgehead atoms. The highest BCUT2D eigenvalue weighted by atomic mass is 16.4. The van der Waals surface area contributed by atoms with Crippen molar-refractivity contribution >= 4 is 29.6 Å². The second-order valence-electron chi connectivity index (χ2n) is 6.78. The minimum Gasteiger partial charge on any atom is -0.480 e. The van der Waals surface area contributed by atoms with E-state index in [0.717, 1.165) is 0 Å². The summed E-state index contributed by atoms with van der Waals surface area (Å²) < 4.78 is 0. The van der Waals surface area contributed by atoms with Crippen LogP contribution in [0.1, 0.15) is 32.1 Å². The van der Waals surface area contributed by atoms with E-state index < -0.39 is 67.0 Å². The van der Waals surface area contributed by atoms with E-state index in [-0.39, 0.29) is 19.3 Å². The summed E-state index contributed by atoms with van der Waals surface area (Å²) in [6.07, 6.45) is 0.569. The molecule has 4 unspecified atom stereocenters. The zero-order valence-electron chi connectivity index (χ0n) is 17.1. The molecular weight excluding hydrogens is 416 g/mol. The maximum atomic E-state index is 12.6. The summed E-state index contributed by atoms with van der Waals surface area (Å²) in [5.74, 6) is -4.81. The summed E-state index contributed by atoms with van der Waals surface area (Å²) in [6.45, 7) is -1.16. The number of carbonyl (C=O) groups excluding carboxylic acids is 4. The largest absolute Gasteiger partial charge is 0.480 e. The van der Waals surface area contributed by atoms with E-state index in [1.165, 1.54) is 0 Å². The van der Waals surface area contributed by atoms with Crippen LogP contribution in [0.2, 0.25) is 0 Å². The zero-order chi connectivity index (χ0) is 24.0. The maximum Gasteiger partial charge on any atom is 0.326 e. The number of unbranched alkanes of at least 4 members (excludes halogenated alkanes) is 1. The van der Waals surface area contributed by atoms with E-state index in [9.17, 15) is 29.1 Å². The third-order valence-electron chi connectivity index (χ3n) is 4.22. The second kappa shape index (κ2) is 15.1. The molecule has 0 aliphatic heterocycles. The van der Waals surface area contributed by atoms with Crippen molar-refractivity contribution in [3.63, 3.8) is 0 Å². The van der Waals surface area contributed by atoms with Gasteiger partial charge in [-0.2, -0.15) is 0 Å². The van der Waals surface area contributed by atoms with Gasteiger partial charge in [0.1, 0.15) is 24.2 Å². The van der Waals surface area contributed by atoms with E-state index in [4.69, 9.17) is 27.4 Å². The van der Waals surface area contributed by atoms with E-state index in [1.807, 2.05) is 0 Å². The Balaban J connectivity index is 5.17. The number of nitrogens with two attached hydrogens (primary N) is 3. The van der Waals surface area contributed by atoms with Gasteiger partial charge in [0, 0.05) is 6.42 Å². The smallest absolute Gasteiger partial charge is 0.326 e. The monoisotopic (exact) mass is 448 g/mol. The van der Waals surface area contributed by atoms with Gasteiger partial charge in [0.25, 0.3) is 0 Å². The number of aliphatic carboxylic acids is 1. The minimum absolute atomic E-state index is 0.142. The second-order valence-corrected chi connectivity index (χ2v) is 6.78. The topological polar surface area (TPSA) is 260 Å². The predicted octanol–water partition coefficient (Wildman–Crippen LogP) is -4.77. The molecular formula is C17H32N6O8. The molecule has 31 heavy (non-hydrogen) atoms. The van der Waals surface area contributed by atoms with Crippen LogP contribution in [-0.2, 0) is 24.0 Å². The van der Waals surface area contributed by atoms with Crippen molar-refractivity contribution in [2.24, 2.45) is 17.2 Å². The Bertz CT molecular complexity index is 632. The highest BCUT2D eigenvalue weighted by molar-refractivity contribution is 5.94. The molecule has 14 nitrogen and oxygen atoms in total. The van der Waals surface area contributed by atoms with Crippen LogP contribution >= 0.6 is 0 Å². The Morgan fingerprint density at radius 2 is 1.32 bits per heavy atom. The van der Waals surface area contributed by atoms with Crippen molar-refractivity contribution < 1.29 is 39.3 Å². The Morgan fingerprint density at radius 1 is 0.774 bits per heavy atom. The first-order valence-electron chi connectivity index (χ1n) is 9.66. The molecule has 0 spiro atoms. The summed E-state index contributed by atoms with van der Waals surface area (Å²) in [6, 6.07) is -5.39. The van der Waals surface area contributed by atoms with Crippen LogP contribution in [0.5, 0.6) is 0 Å². The number of amides is 4. The first-order valence-corrected chi connectivity index (χ1v) is 9.66. The van der Waals surface area contributed by atoms with Gasteiger partial charge in [0.05, 0.1) is 13.2 Å². The van der Waals surface area contributed by atoms with Crippen LogP contribution in [-0.4, -0.2) is 88.8 Å². The standard InChI is InChI=1S/C17H32N6O8/c18-6-2-1-3-10(21-14(27)9(19)7-24)15(28)23-12(8-25)16(29)22-11(17(30)31)4-5-13(20)26/h9-12,24-25H,1-8,18-19H2,(H2,20,26)(H,21,27)(H,22,29)(H,23,28)(H,30,31). The van der Waals surface area contributed by atoms with Crippen molar-refractivity contribution in [3.05, 3.63) is 0 Å². The lowest BCUT2D eigenvalue weighted by Gasteiger charge is -2.24. The van der Waals surface area contributed by atoms with E-state index in [2.05, 4.69) is 16.0 Å². The SMILES string of the molecule is NCCCCC(NC(=O)C(N)CO)C(=O)NC(CO)C(=O)NC(CCC(N)=O)C(=O)O. The number of hydrogen-bond donors (Lipinski definition) is 9. The van der Waals surface area contributed by atoms with Crippen molar-refractivity contribution in [3.8, 4) is 0 Å². The van der Waals surface area contributed by atoms with Gasteiger partial charge in [-0.3, -0.25) is 19.2 Å². The fourth-order valence-electron chi connectivity index (χ4n) is 2.41. The number of hydrogen-bond acceptors (Lipinski definition) is 9. The van der Waals surface area contributed by atoms with E-state index in [1.54, 1.807) is 0 Å². The third kappa shape index (κ3) is 11.2. The fourth-order valence-corrected chi connectivity index (χ4v) is 2.41. The summed E-state index contributed by atoms with van der Waals surface area (Å²) in [5.41, 5.74) is 15.8. The van der Waals surface area contributed by atoms with Crippen LogP contribution < -0.4 is 33.2 Å². The third-order valence-corrected chi connectivity index (χ3v) is 4.22. The fraction of sp³-hybridized carbons (Fsp3) is 0.706. The molecule has 0 fully saturated rings. The van der Waals surface area contributed by atoms with Crippen LogP contribution in [0.15, 0.2) is 0 Å². The average molecular weight is 448 g/mol. The lowest BCUT2D eigenvalue weighted by molar-refractivity contribution is -0.143. The molecule has 0 aliphatic carbocycles. The molecule has 14 heteroatoms. The molecule has 0 aromatic carbocycles. The summed E-state index contributed by atoms with van der Waals surface area (Å²) in [4.78, 5) is 58.9. The lowest BCUT2D eigenvalue weighted by atomic mass is 10.1. The van der Waals surface area contributed by atoms with Gasteiger partial charge < -0.3 is 48.5 Å². The maximum absolute atomic E-state index is 12.6. The predicted molar refractivity (Wildman–Crippen MR) is 107 cm³/mol. The molecule has 4 amide bonds. The summed E-state index contributed by atoms with van der Waals surface area (Å²) in [7, 11) is 0. The summed E-state index contributed by atoms with van der Waals surface area (Å²) >= 11 is 0. The molecule has 0 rings (SSSR count). The molecule has 0 aromatic heterocycles. The zero-order valence-corrected chi connectivity index (χ0v) is 17.1. The minimum atomic E-state index is -1.52. The van der Waals surface area contributed by atoms with Crippen LogP contribution in [0.25, 0.3) is 0 Å². The van der Waals surface area contributed by atoms with Crippen LogP contribution in [0.4, 0.5) is 0 Å². The molecule has 0 heterocycles. The van der Waals surface area contributed by atoms with Gasteiger partial charge in [-0.05, 0) is 32.2 Å². The molecule has 0 saturated heterocycles. The van der Waals surface area contributed by atoms with Crippen molar-refractivity contribution in [2.45, 2.75) is 56.3 Å². The number of rotatable bonds is 16. The molecule has 0 radical (unpaired) electrons. The average Bonchev–Trinajstić information content (AvgIpc) is 2.72. The summed E-state index contributed by atoms with van der Waals surface area (Å²) in [5, 5.41) is 34.3. The van der Waals surface area contributed by atoms with E-state index >= 15 is 0 Å². The number of aliphatic hydroxyl groups is 2. The van der Waals surface area contributed by atoms with Gasteiger partial charge in [-0.15, -0.1) is 0 Å².